The summed E-state index contributed by atoms with van der Waals surface area (Å²) in [5.74, 6) is 2.34. The molecule has 6 heteroatoms. The molecule has 1 atom stereocenters. The Morgan fingerprint density at radius 1 is 1.30 bits per heavy atom. The number of hydrogen-bond donors (Lipinski definition) is 1. The van der Waals surface area contributed by atoms with Gasteiger partial charge in [0.1, 0.15) is 17.3 Å². The van der Waals surface area contributed by atoms with Crippen LogP contribution >= 0.6 is 0 Å². The molecule has 0 unspecified atom stereocenters. The van der Waals surface area contributed by atoms with E-state index >= 15 is 0 Å². The number of amides is 1. The maximum absolute atomic E-state index is 12.3. The minimum Gasteiger partial charge on any atom is -0.497 e. The normalized spacial score (nSPS) is 15.1. The predicted octanol–water partition coefficient (Wildman–Crippen LogP) is 3.06. The van der Waals surface area contributed by atoms with Crippen LogP contribution in [0.15, 0.2) is 28.8 Å². The number of benzene rings is 1. The van der Waals surface area contributed by atoms with Crippen LogP contribution in [0.25, 0.3) is 0 Å². The fourth-order valence-electron chi connectivity index (χ4n) is 2.48. The lowest BCUT2D eigenvalue weighted by molar-refractivity contribution is 0.0930. The highest BCUT2D eigenvalue weighted by Crippen LogP contribution is 2.40. The number of nitrogens with one attached hydrogen (secondary N) is 1. The van der Waals surface area contributed by atoms with Crippen LogP contribution in [0, 0.1) is 0 Å². The number of hydrogen-bond acceptors (Lipinski definition) is 5. The summed E-state index contributed by atoms with van der Waals surface area (Å²) in [6.07, 6.45) is 2.21. The zero-order chi connectivity index (χ0) is 16.4. The number of methoxy groups -OCH3 is 2. The first-order valence-corrected chi connectivity index (χ1v) is 7.61. The van der Waals surface area contributed by atoms with Crippen LogP contribution in [0.4, 0.5) is 0 Å². The van der Waals surface area contributed by atoms with E-state index in [0.717, 1.165) is 24.2 Å². The second-order valence-corrected chi connectivity index (χ2v) is 5.69. The van der Waals surface area contributed by atoms with E-state index in [9.17, 15) is 4.79 Å². The topological polar surface area (TPSA) is 73.6 Å². The van der Waals surface area contributed by atoms with Gasteiger partial charge in [0.25, 0.3) is 5.91 Å². The summed E-state index contributed by atoms with van der Waals surface area (Å²) in [7, 11) is 3.19. The van der Waals surface area contributed by atoms with Crippen LogP contribution < -0.4 is 14.8 Å². The quantitative estimate of drug-likeness (QED) is 0.886. The van der Waals surface area contributed by atoms with E-state index in [2.05, 4.69) is 10.5 Å². The monoisotopic (exact) mass is 316 g/mol. The lowest BCUT2D eigenvalue weighted by Gasteiger charge is -2.17. The molecular weight excluding hydrogens is 296 g/mol. The largest absolute Gasteiger partial charge is 0.497 e. The van der Waals surface area contributed by atoms with Crippen LogP contribution in [-0.2, 0) is 0 Å². The molecule has 0 saturated heterocycles. The van der Waals surface area contributed by atoms with E-state index in [-0.39, 0.29) is 11.9 Å². The summed E-state index contributed by atoms with van der Waals surface area (Å²) < 4.78 is 15.8. The van der Waals surface area contributed by atoms with Gasteiger partial charge in [0.15, 0.2) is 5.69 Å². The van der Waals surface area contributed by atoms with E-state index in [0.29, 0.717) is 23.1 Å². The van der Waals surface area contributed by atoms with Gasteiger partial charge in [-0.15, -0.1) is 0 Å². The van der Waals surface area contributed by atoms with Crippen molar-refractivity contribution < 1.29 is 18.8 Å². The van der Waals surface area contributed by atoms with Gasteiger partial charge in [-0.25, -0.2) is 0 Å². The molecule has 6 nitrogen and oxygen atoms in total. The molecule has 1 saturated carbocycles. The van der Waals surface area contributed by atoms with Crippen molar-refractivity contribution in [2.45, 2.75) is 31.7 Å². The van der Waals surface area contributed by atoms with Crippen molar-refractivity contribution in [3.05, 3.63) is 41.3 Å². The van der Waals surface area contributed by atoms with Crippen molar-refractivity contribution >= 4 is 5.91 Å². The van der Waals surface area contributed by atoms with E-state index in [1.54, 1.807) is 26.4 Å². The Kier molecular flexibility index (Phi) is 4.23. The lowest BCUT2D eigenvalue weighted by atomic mass is 10.1. The highest BCUT2D eigenvalue weighted by Gasteiger charge is 2.29. The second kappa shape index (κ2) is 6.32. The first kappa shape index (κ1) is 15.4. The van der Waals surface area contributed by atoms with Gasteiger partial charge in [-0.1, -0.05) is 5.16 Å². The Hall–Kier alpha value is -2.50. The molecule has 1 aromatic heterocycles. The zero-order valence-corrected chi connectivity index (χ0v) is 13.5. The van der Waals surface area contributed by atoms with Crippen molar-refractivity contribution in [1.82, 2.24) is 10.5 Å². The minimum atomic E-state index is -0.258. The maximum atomic E-state index is 12.3. The Labute approximate surface area is 134 Å². The summed E-state index contributed by atoms with van der Waals surface area (Å²) >= 11 is 0. The minimum absolute atomic E-state index is 0.232. The van der Waals surface area contributed by atoms with E-state index < -0.39 is 0 Å². The number of aromatic nitrogens is 1. The molecule has 0 bridgehead atoms. The molecule has 1 heterocycles. The summed E-state index contributed by atoms with van der Waals surface area (Å²) in [6.45, 7) is 1.89. The summed E-state index contributed by atoms with van der Waals surface area (Å²) in [5, 5.41) is 6.77. The average molecular weight is 316 g/mol. The molecule has 0 radical (unpaired) electrons. The fraction of sp³-hybridized carbons (Fsp3) is 0.412. The van der Waals surface area contributed by atoms with E-state index in [1.807, 2.05) is 19.1 Å². The van der Waals surface area contributed by atoms with Gasteiger partial charge >= 0.3 is 0 Å². The molecule has 1 aliphatic carbocycles. The fourth-order valence-corrected chi connectivity index (χ4v) is 2.48. The van der Waals surface area contributed by atoms with E-state index in [4.69, 9.17) is 14.0 Å². The van der Waals surface area contributed by atoms with Crippen molar-refractivity contribution in [3.63, 3.8) is 0 Å². The van der Waals surface area contributed by atoms with Gasteiger partial charge in [0.05, 0.1) is 20.3 Å². The Balaban J connectivity index is 1.72. The second-order valence-electron chi connectivity index (χ2n) is 5.69. The summed E-state index contributed by atoms with van der Waals surface area (Å²) in [6, 6.07) is 7.00. The van der Waals surface area contributed by atoms with Crippen molar-refractivity contribution in [1.29, 1.82) is 0 Å². The summed E-state index contributed by atoms with van der Waals surface area (Å²) in [4.78, 5) is 12.3. The number of carbonyl (C=O) groups is 1. The van der Waals surface area contributed by atoms with Gasteiger partial charge < -0.3 is 19.3 Å². The standard InChI is InChI=1S/C17H20N2O4/c1-10(13-7-6-12(21-2)8-16(13)22-3)18-17(20)14-9-15(23-19-14)11-4-5-11/h6-11H,4-5H2,1-3H3,(H,18,20)/t10-/m0/s1. The smallest absolute Gasteiger partial charge is 0.273 e. The Morgan fingerprint density at radius 3 is 2.74 bits per heavy atom. The third-order valence-electron chi connectivity index (χ3n) is 4.00. The Bertz CT molecular complexity index is 706. The third-order valence-corrected chi connectivity index (χ3v) is 4.00. The van der Waals surface area contributed by atoms with Crippen molar-refractivity contribution in [2.24, 2.45) is 0 Å². The number of ether oxygens (including phenoxy) is 2. The molecule has 122 valence electrons. The first-order valence-electron chi connectivity index (χ1n) is 7.61. The molecule has 23 heavy (non-hydrogen) atoms. The van der Waals surface area contributed by atoms with Gasteiger partial charge in [-0.2, -0.15) is 0 Å². The molecular formula is C17H20N2O4. The highest BCUT2D eigenvalue weighted by molar-refractivity contribution is 5.92. The third kappa shape index (κ3) is 3.31. The molecule has 0 aliphatic heterocycles. The SMILES string of the molecule is COc1ccc([C@H](C)NC(=O)c2cc(C3CC3)on2)c(OC)c1. The molecule has 1 amide bonds. The number of nitrogens with zero attached hydrogens (tertiary/aromatic N) is 1. The Morgan fingerprint density at radius 2 is 2.09 bits per heavy atom. The molecule has 2 aromatic rings. The molecule has 1 aromatic carbocycles. The average Bonchev–Trinajstić information content (AvgIpc) is 3.30. The molecule has 1 N–H and O–H groups in total. The van der Waals surface area contributed by atoms with E-state index in [1.165, 1.54) is 0 Å². The lowest BCUT2D eigenvalue weighted by Crippen LogP contribution is -2.27. The molecule has 1 aliphatic rings. The van der Waals surface area contributed by atoms with Crippen LogP contribution in [-0.4, -0.2) is 25.3 Å². The maximum Gasteiger partial charge on any atom is 0.273 e. The molecule has 3 rings (SSSR count). The van der Waals surface area contributed by atoms with Crippen molar-refractivity contribution in [3.8, 4) is 11.5 Å². The van der Waals surface area contributed by atoms with Crippen LogP contribution in [0.2, 0.25) is 0 Å². The van der Waals surface area contributed by atoms with Crippen LogP contribution in [0.5, 0.6) is 11.5 Å². The van der Waals surface area contributed by atoms with Crippen molar-refractivity contribution in [2.75, 3.05) is 14.2 Å². The van der Waals surface area contributed by atoms with Crippen LogP contribution in [0.1, 0.15) is 53.5 Å². The highest BCUT2D eigenvalue weighted by atomic mass is 16.5. The molecule has 0 spiro atoms. The van der Waals surface area contributed by atoms with Gasteiger partial charge in [-0.05, 0) is 31.9 Å². The molecule has 1 fully saturated rings. The first-order chi connectivity index (χ1) is 11.1. The predicted molar refractivity (Wildman–Crippen MR) is 83.9 cm³/mol. The summed E-state index contributed by atoms with van der Waals surface area (Å²) in [5.41, 5.74) is 1.18. The van der Waals surface area contributed by atoms with Gasteiger partial charge in [-0.3, -0.25) is 4.79 Å². The van der Waals surface area contributed by atoms with Crippen LogP contribution in [0.3, 0.4) is 0 Å². The van der Waals surface area contributed by atoms with Gasteiger partial charge in [0.2, 0.25) is 0 Å². The van der Waals surface area contributed by atoms with Gasteiger partial charge in [0, 0.05) is 23.6 Å². The number of carbonyl (C=O) groups excluding carboxylic acids is 1. The number of rotatable bonds is 6. The zero-order valence-electron chi connectivity index (χ0n) is 13.5.